The zero-order chi connectivity index (χ0) is 17.4. The summed E-state index contributed by atoms with van der Waals surface area (Å²) in [6, 6.07) is 10.3. The van der Waals surface area contributed by atoms with Crippen molar-refractivity contribution in [1.82, 2.24) is 10.2 Å². The molecule has 2 atom stereocenters. The minimum absolute atomic E-state index is 0.101. The summed E-state index contributed by atoms with van der Waals surface area (Å²) in [4.78, 5) is 0. The van der Waals surface area contributed by atoms with Crippen LogP contribution in [-0.4, -0.2) is 10.2 Å². The summed E-state index contributed by atoms with van der Waals surface area (Å²) in [5.41, 5.74) is 9.37. The van der Waals surface area contributed by atoms with Gasteiger partial charge in [0.25, 0.3) is 0 Å². The summed E-state index contributed by atoms with van der Waals surface area (Å²) in [5.74, 6) is 0.862. The molecule has 25 heavy (non-hydrogen) atoms. The average Bonchev–Trinajstić information content (AvgIpc) is 3.05. The normalized spacial score (nSPS) is 22.2. The third-order valence-electron chi connectivity index (χ3n) is 4.90. The van der Waals surface area contributed by atoms with Crippen LogP contribution in [0.1, 0.15) is 30.7 Å². The van der Waals surface area contributed by atoms with Crippen LogP contribution in [0, 0.1) is 17.2 Å². The fraction of sp³-hybridized carbons (Fsp3) is 0.263. The van der Waals surface area contributed by atoms with Crippen LogP contribution in [-0.2, 0) is 0 Å². The molecular formula is C19H17BrN4O. The minimum atomic E-state index is -0.101. The first-order valence-corrected chi connectivity index (χ1v) is 9.05. The van der Waals surface area contributed by atoms with Crippen LogP contribution in [0.4, 0.5) is 0 Å². The highest BCUT2D eigenvalue weighted by atomic mass is 79.9. The van der Waals surface area contributed by atoms with Gasteiger partial charge in [0.05, 0.1) is 16.8 Å². The van der Waals surface area contributed by atoms with Gasteiger partial charge >= 0.3 is 0 Å². The number of nitrogens with two attached hydrogens (primary N) is 1. The highest BCUT2D eigenvalue weighted by molar-refractivity contribution is 9.10. The number of benzene rings is 1. The largest absolute Gasteiger partial charge is 0.420 e. The van der Waals surface area contributed by atoms with E-state index in [0.29, 0.717) is 17.4 Å². The lowest BCUT2D eigenvalue weighted by Crippen LogP contribution is -2.25. The number of nitriles is 1. The second-order valence-corrected chi connectivity index (χ2v) is 7.25. The fourth-order valence-corrected chi connectivity index (χ4v) is 3.97. The Morgan fingerprint density at radius 3 is 2.76 bits per heavy atom. The number of aromatic nitrogens is 2. The van der Waals surface area contributed by atoms with E-state index in [-0.39, 0.29) is 11.8 Å². The van der Waals surface area contributed by atoms with Crippen molar-refractivity contribution in [2.75, 3.05) is 0 Å². The van der Waals surface area contributed by atoms with E-state index in [1.165, 1.54) is 0 Å². The monoisotopic (exact) mass is 396 g/mol. The molecule has 4 rings (SSSR count). The molecule has 0 spiro atoms. The van der Waals surface area contributed by atoms with Crippen molar-refractivity contribution in [3.63, 3.8) is 0 Å². The first kappa shape index (κ1) is 16.0. The van der Waals surface area contributed by atoms with Crippen molar-refractivity contribution in [2.24, 2.45) is 11.7 Å². The third-order valence-corrected chi connectivity index (χ3v) is 5.43. The molecule has 0 fully saturated rings. The molecule has 126 valence electrons. The number of nitrogens with zero attached hydrogens (tertiary/aromatic N) is 2. The van der Waals surface area contributed by atoms with E-state index in [1.807, 2.05) is 24.3 Å². The Kier molecular flexibility index (Phi) is 4.10. The van der Waals surface area contributed by atoms with E-state index in [9.17, 15) is 5.26 Å². The molecule has 0 bridgehead atoms. The number of halogens is 1. The average molecular weight is 397 g/mol. The number of fused-ring (bicyclic) bond motifs is 1. The zero-order valence-electron chi connectivity index (χ0n) is 13.5. The van der Waals surface area contributed by atoms with Gasteiger partial charge in [0, 0.05) is 16.0 Å². The van der Waals surface area contributed by atoms with Gasteiger partial charge in [-0.15, -0.1) is 5.10 Å². The van der Waals surface area contributed by atoms with E-state index >= 15 is 0 Å². The van der Waals surface area contributed by atoms with Crippen molar-refractivity contribution in [1.29, 1.82) is 5.26 Å². The van der Waals surface area contributed by atoms with E-state index in [4.69, 9.17) is 10.5 Å². The number of H-pyrrole nitrogens is 1. The Morgan fingerprint density at radius 2 is 2.08 bits per heavy atom. The second-order valence-electron chi connectivity index (χ2n) is 6.34. The molecule has 2 aliphatic rings. The first-order valence-electron chi connectivity index (χ1n) is 8.26. The number of aromatic amines is 1. The van der Waals surface area contributed by atoms with Gasteiger partial charge in [0.15, 0.2) is 0 Å². The van der Waals surface area contributed by atoms with Crippen LogP contribution in [0.3, 0.4) is 0 Å². The van der Waals surface area contributed by atoms with Gasteiger partial charge in [-0.05, 0) is 37.3 Å². The van der Waals surface area contributed by atoms with E-state index in [2.05, 4.69) is 44.3 Å². The smallest absolute Gasteiger partial charge is 0.244 e. The first-order chi connectivity index (χ1) is 12.2. The second kappa shape index (κ2) is 6.41. The molecule has 0 saturated carbocycles. The van der Waals surface area contributed by atoms with Crippen LogP contribution in [0.2, 0.25) is 0 Å². The maximum Gasteiger partial charge on any atom is 0.244 e. The maximum atomic E-state index is 9.70. The van der Waals surface area contributed by atoms with Gasteiger partial charge in [-0.25, -0.2) is 0 Å². The topological polar surface area (TPSA) is 87.7 Å². The lowest BCUT2D eigenvalue weighted by Gasteiger charge is -2.31. The lowest BCUT2D eigenvalue weighted by atomic mass is 9.74. The molecule has 2 aromatic rings. The summed E-state index contributed by atoms with van der Waals surface area (Å²) >= 11 is 3.46. The Balaban J connectivity index is 1.86. The molecule has 0 saturated heterocycles. The summed E-state index contributed by atoms with van der Waals surface area (Å²) < 4.78 is 6.66. The van der Waals surface area contributed by atoms with Crippen LogP contribution in [0.25, 0.3) is 11.3 Å². The van der Waals surface area contributed by atoms with Gasteiger partial charge in [-0.1, -0.05) is 40.2 Å². The van der Waals surface area contributed by atoms with Crippen LogP contribution in [0.5, 0.6) is 5.88 Å². The highest BCUT2D eigenvalue weighted by Gasteiger charge is 2.38. The molecule has 1 aliphatic heterocycles. The maximum absolute atomic E-state index is 9.70. The van der Waals surface area contributed by atoms with E-state index in [1.54, 1.807) is 0 Å². The van der Waals surface area contributed by atoms with Crippen LogP contribution in [0.15, 0.2) is 52.3 Å². The molecule has 1 aromatic heterocycles. The zero-order valence-corrected chi connectivity index (χ0v) is 15.1. The Labute approximate surface area is 154 Å². The summed E-state index contributed by atoms with van der Waals surface area (Å²) in [7, 11) is 0. The van der Waals surface area contributed by atoms with Crippen LogP contribution < -0.4 is 10.5 Å². The van der Waals surface area contributed by atoms with Gasteiger partial charge in [-0.3, -0.25) is 5.10 Å². The highest BCUT2D eigenvalue weighted by Crippen LogP contribution is 2.48. The predicted octanol–water partition coefficient (Wildman–Crippen LogP) is 4.37. The number of hydrogen-bond acceptors (Lipinski definition) is 4. The Hall–Kier alpha value is -2.52. The molecule has 0 amide bonds. The number of hydrogen-bond donors (Lipinski definition) is 2. The molecule has 5 nitrogen and oxygen atoms in total. The van der Waals surface area contributed by atoms with Gasteiger partial charge in [-0.2, -0.15) is 5.26 Å². The Bertz CT molecular complexity index is 904. The molecule has 6 heteroatoms. The molecular weight excluding hydrogens is 380 g/mol. The number of nitrogens with one attached hydrogen (secondary N) is 1. The van der Waals surface area contributed by atoms with Crippen molar-refractivity contribution >= 4 is 15.9 Å². The fourth-order valence-electron chi connectivity index (χ4n) is 3.71. The molecule has 2 heterocycles. The predicted molar refractivity (Wildman–Crippen MR) is 98.4 cm³/mol. The number of rotatable bonds is 2. The summed E-state index contributed by atoms with van der Waals surface area (Å²) in [6.07, 6.45) is 7.34. The summed E-state index contributed by atoms with van der Waals surface area (Å²) in [5, 5.41) is 17.1. The molecule has 1 aliphatic carbocycles. The minimum Gasteiger partial charge on any atom is -0.420 e. The SMILES string of the molecule is N#CC1=C(N)Oc2n[nH]c(-c3ccc(Br)cc3)c2C1C1CC=CCC1. The summed E-state index contributed by atoms with van der Waals surface area (Å²) in [6.45, 7) is 0. The van der Waals surface area contributed by atoms with Crippen molar-refractivity contribution in [2.45, 2.75) is 25.2 Å². The van der Waals surface area contributed by atoms with Gasteiger partial charge in [0.2, 0.25) is 11.8 Å². The van der Waals surface area contributed by atoms with E-state index in [0.717, 1.165) is 40.6 Å². The van der Waals surface area contributed by atoms with Crippen molar-refractivity contribution < 1.29 is 4.74 Å². The molecule has 3 N–H and O–H groups in total. The van der Waals surface area contributed by atoms with Crippen LogP contribution >= 0.6 is 15.9 Å². The van der Waals surface area contributed by atoms with Gasteiger partial charge in [0.1, 0.15) is 6.07 Å². The molecule has 1 aromatic carbocycles. The quantitative estimate of drug-likeness (QED) is 0.737. The third kappa shape index (κ3) is 2.75. The standard InChI is InChI=1S/C19H17BrN4O/c20-13-8-6-12(7-9-13)17-16-15(11-4-2-1-3-5-11)14(10-21)18(22)25-19(16)24-23-17/h1-2,6-9,11,15H,3-5,22H2,(H,23,24). The molecule has 2 unspecified atom stereocenters. The van der Waals surface area contributed by atoms with Gasteiger partial charge < -0.3 is 10.5 Å². The Morgan fingerprint density at radius 1 is 1.28 bits per heavy atom. The number of allylic oxidation sites excluding steroid dienone is 3. The molecule has 0 radical (unpaired) electrons. The lowest BCUT2D eigenvalue weighted by molar-refractivity contribution is 0.340. The van der Waals surface area contributed by atoms with E-state index < -0.39 is 0 Å². The van der Waals surface area contributed by atoms with Crippen molar-refractivity contribution in [3.05, 3.63) is 57.9 Å². The van der Waals surface area contributed by atoms with Crippen molar-refractivity contribution in [3.8, 4) is 23.2 Å². The number of ether oxygens (including phenoxy) is 1.